The average molecular weight is 216 g/mol. The first kappa shape index (κ1) is 15.8. The van der Waals surface area contributed by atoms with Gasteiger partial charge < -0.3 is 4.74 Å². The van der Waals surface area contributed by atoms with Crippen LogP contribution in [0.1, 0.15) is 20.3 Å². The molecule has 0 rings (SSSR count). The molecule has 0 aliphatic heterocycles. The largest absolute Gasteiger partial charge is 0.466 e. The molecular weight excluding hydrogens is 200 g/mol. The highest BCUT2D eigenvalue weighted by molar-refractivity contribution is 5.87. The van der Waals surface area contributed by atoms with Gasteiger partial charge in [-0.3, -0.25) is 4.89 Å². The van der Waals surface area contributed by atoms with Crippen LogP contribution in [0.5, 0.6) is 0 Å². The van der Waals surface area contributed by atoms with Crippen LogP contribution < -0.4 is 0 Å². The molecule has 5 nitrogen and oxygen atoms in total. The molecule has 5 heteroatoms. The minimum absolute atomic E-state index is 0.271. The zero-order valence-corrected chi connectivity index (χ0v) is 9.20. The maximum Gasteiger partial charge on any atom is 0.368 e. The van der Waals surface area contributed by atoms with Crippen molar-refractivity contribution in [1.29, 1.82) is 0 Å². The van der Waals surface area contributed by atoms with Crippen LogP contribution in [0, 0.1) is 0 Å². The van der Waals surface area contributed by atoms with Gasteiger partial charge in [-0.2, -0.15) is 5.26 Å². The van der Waals surface area contributed by atoms with Crippen LogP contribution in [0.3, 0.4) is 0 Å². The van der Waals surface area contributed by atoms with E-state index in [1.54, 1.807) is 13.8 Å². The van der Waals surface area contributed by atoms with Gasteiger partial charge in [-0.1, -0.05) is 20.1 Å². The van der Waals surface area contributed by atoms with Crippen molar-refractivity contribution in [2.24, 2.45) is 0 Å². The van der Waals surface area contributed by atoms with Crippen LogP contribution in [-0.4, -0.2) is 24.3 Å². The highest BCUT2D eigenvalue weighted by Gasteiger charge is 2.03. The normalized spacial score (nSPS) is 8.00. The Bertz CT molecular complexity index is 241. The van der Waals surface area contributed by atoms with Gasteiger partial charge in [0.25, 0.3) is 0 Å². The second kappa shape index (κ2) is 8.96. The lowest BCUT2D eigenvalue weighted by Gasteiger charge is -1.93. The molecule has 1 N–H and O–H groups in total. The standard InChI is InChI=1S/C5H8O3.C5H8O2/c1-3-4(2)5(6)8-7;1-4(2)5(6)7-3/h7H,2-3H2,1H3;1H2,2-3H3. The summed E-state index contributed by atoms with van der Waals surface area (Å²) in [6.45, 7) is 10.0. The molecule has 0 heterocycles. The number of ether oxygens (including phenoxy) is 1. The Labute approximate surface area is 88.9 Å². The van der Waals surface area contributed by atoms with E-state index in [9.17, 15) is 9.59 Å². The van der Waals surface area contributed by atoms with Crippen LogP contribution in [0.4, 0.5) is 0 Å². The minimum Gasteiger partial charge on any atom is -0.466 e. The summed E-state index contributed by atoms with van der Waals surface area (Å²) in [6, 6.07) is 0. The minimum atomic E-state index is -0.757. The lowest BCUT2D eigenvalue weighted by molar-refractivity contribution is -0.229. The molecule has 0 aliphatic carbocycles. The number of hydrogen-bond acceptors (Lipinski definition) is 5. The van der Waals surface area contributed by atoms with E-state index in [0.717, 1.165) is 0 Å². The molecule has 0 radical (unpaired) electrons. The van der Waals surface area contributed by atoms with E-state index in [-0.39, 0.29) is 11.5 Å². The van der Waals surface area contributed by atoms with Gasteiger partial charge >= 0.3 is 11.9 Å². The van der Waals surface area contributed by atoms with Gasteiger partial charge in [0, 0.05) is 11.1 Å². The van der Waals surface area contributed by atoms with Crippen molar-refractivity contribution < 1.29 is 24.5 Å². The van der Waals surface area contributed by atoms with Gasteiger partial charge in [0.2, 0.25) is 0 Å². The fourth-order valence-corrected chi connectivity index (χ4v) is 0.383. The summed E-state index contributed by atoms with van der Waals surface area (Å²) in [5.41, 5.74) is 0.704. The summed E-state index contributed by atoms with van der Waals surface area (Å²) in [7, 11) is 1.33. The summed E-state index contributed by atoms with van der Waals surface area (Å²) in [6.07, 6.45) is 0.499. The summed E-state index contributed by atoms with van der Waals surface area (Å²) in [5.74, 6) is -1.10. The molecule has 0 aromatic heterocycles. The van der Waals surface area contributed by atoms with Crippen molar-refractivity contribution in [2.75, 3.05) is 7.11 Å². The van der Waals surface area contributed by atoms with E-state index in [4.69, 9.17) is 5.26 Å². The quantitative estimate of drug-likeness (QED) is 0.336. The third kappa shape index (κ3) is 8.70. The van der Waals surface area contributed by atoms with Crippen molar-refractivity contribution in [2.45, 2.75) is 20.3 Å². The molecule has 0 saturated heterocycles. The fourth-order valence-electron chi connectivity index (χ4n) is 0.383. The summed E-state index contributed by atoms with van der Waals surface area (Å²) in [4.78, 5) is 23.7. The second-order valence-corrected chi connectivity index (χ2v) is 2.61. The highest BCUT2D eigenvalue weighted by Crippen LogP contribution is 1.96. The number of esters is 1. The Hall–Kier alpha value is -1.62. The smallest absolute Gasteiger partial charge is 0.368 e. The van der Waals surface area contributed by atoms with Gasteiger partial charge in [0.15, 0.2) is 0 Å². The molecule has 15 heavy (non-hydrogen) atoms. The fraction of sp³-hybridized carbons (Fsp3) is 0.400. The predicted octanol–water partition coefficient (Wildman–Crippen LogP) is 1.70. The molecule has 0 amide bonds. The molecule has 86 valence electrons. The summed E-state index contributed by atoms with van der Waals surface area (Å²) in [5, 5.41) is 7.73. The van der Waals surface area contributed by atoms with E-state index in [0.29, 0.717) is 12.0 Å². The van der Waals surface area contributed by atoms with Crippen molar-refractivity contribution in [3.8, 4) is 0 Å². The average Bonchev–Trinajstić information content (AvgIpc) is 2.26. The molecule has 0 saturated carbocycles. The van der Waals surface area contributed by atoms with E-state index < -0.39 is 5.97 Å². The van der Waals surface area contributed by atoms with E-state index in [2.05, 4.69) is 22.8 Å². The first-order chi connectivity index (χ1) is 6.90. The van der Waals surface area contributed by atoms with Gasteiger partial charge in [-0.15, -0.1) is 0 Å². The number of rotatable bonds is 3. The number of carbonyl (C=O) groups is 2. The van der Waals surface area contributed by atoms with Crippen molar-refractivity contribution >= 4 is 11.9 Å². The maximum absolute atomic E-state index is 10.2. The molecule has 0 spiro atoms. The molecule has 0 aromatic carbocycles. The van der Waals surface area contributed by atoms with Crippen LogP contribution in [0.25, 0.3) is 0 Å². The summed E-state index contributed by atoms with van der Waals surface area (Å²) < 4.78 is 4.27. The van der Waals surface area contributed by atoms with Crippen LogP contribution in [0.2, 0.25) is 0 Å². The molecule has 0 unspecified atom stereocenters. The van der Waals surface area contributed by atoms with Crippen molar-refractivity contribution in [3.05, 3.63) is 24.3 Å². The van der Waals surface area contributed by atoms with E-state index in [1.165, 1.54) is 7.11 Å². The van der Waals surface area contributed by atoms with E-state index >= 15 is 0 Å². The van der Waals surface area contributed by atoms with Crippen LogP contribution in [0.15, 0.2) is 24.3 Å². The Morgan fingerprint density at radius 2 is 1.73 bits per heavy atom. The SMILES string of the molecule is C=C(C)C(=O)OC.C=C(CC)C(=O)OO. The first-order valence-corrected chi connectivity index (χ1v) is 4.18. The molecule has 0 fully saturated rings. The number of methoxy groups -OCH3 is 1. The monoisotopic (exact) mass is 216 g/mol. The lowest BCUT2D eigenvalue weighted by Crippen LogP contribution is -2.02. The molecule has 0 bridgehead atoms. The lowest BCUT2D eigenvalue weighted by atomic mass is 10.2. The number of hydrogen-bond donors (Lipinski definition) is 1. The molecule has 0 atom stereocenters. The van der Waals surface area contributed by atoms with Gasteiger partial charge in [-0.05, 0) is 13.3 Å². The van der Waals surface area contributed by atoms with Crippen LogP contribution in [-0.2, 0) is 19.2 Å². The third-order valence-corrected chi connectivity index (χ3v) is 1.33. The Morgan fingerprint density at radius 1 is 1.27 bits per heavy atom. The zero-order chi connectivity index (χ0) is 12.4. The van der Waals surface area contributed by atoms with Gasteiger partial charge in [-0.25, -0.2) is 9.59 Å². The zero-order valence-electron chi connectivity index (χ0n) is 9.20. The van der Waals surface area contributed by atoms with Crippen molar-refractivity contribution in [1.82, 2.24) is 0 Å². The highest BCUT2D eigenvalue weighted by atomic mass is 17.1. The Kier molecular flexibility index (Phi) is 9.45. The second-order valence-electron chi connectivity index (χ2n) is 2.61. The molecule has 0 aromatic rings. The Morgan fingerprint density at radius 3 is 1.80 bits per heavy atom. The van der Waals surface area contributed by atoms with Crippen LogP contribution >= 0.6 is 0 Å². The number of carbonyl (C=O) groups excluding carboxylic acids is 2. The topological polar surface area (TPSA) is 72.8 Å². The van der Waals surface area contributed by atoms with Gasteiger partial charge in [0.1, 0.15) is 0 Å². The molecule has 0 aliphatic rings. The van der Waals surface area contributed by atoms with Gasteiger partial charge in [0.05, 0.1) is 7.11 Å². The Balaban J connectivity index is 0. The molecular formula is C10H16O5. The van der Waals surface area contributed by atoms with E-state index in [1.807, 2.05) is 0 Å². The summed E-state index contributed by atoms with van der Waals surface area (Å²) >= 11 is 0. The third-order valence-electron chi connectivity index (χ3n) is 1.33. The maximum atomic E-state index is 10.2. The predicted molar refractivity (Wildman–Crippen MR) is 55.0 cm³/mol. The first-order valence-electron chi connectivity index (χ1n) is 4.18. The van der Waals surface area contributed by atoms with Crippen molar-refractivity contribution in [3.63, 3.8) is 0 Å².